The second-order valence-corrected chi connectivity index (χ2v) is 11.8. The summed E-state index contributed by atoms with van der Waals surface area (Å²) >= 11 is 0. The van der Waals surface area contributed by atoms with Gasteiger partial charge in [-0.15, -0.1) is 0 Å². The molecule has 1 atom stereocenters. The zero-order chi connectivity index (χ0) is 21.7. The van der Waals surface area contributed by atoms with Crippen molar-refractivity contribution in [3.05, 3.63) is 35.9 Å². The summed E-state index contributed by atoms with van der Waals surface area (Å²) in [7, 11) is 0. The highest BCUT2D eigenvalue weighted by Gasteiger charge is 2.57. The van der Waals surface area contributed by atoms with Crippen LogP contribution in [0, 0.1) is 29.1 Å². The minimum Gasteiger partial charge on any atom is -0.341 e. The van der Waals surface area contributed by atoms with E-state index in [4.69, 9.17) is 0 Å². The molecule has 0 aromatic heterocycles. The summed E-state index contributed by atoms with van der Waals surface area (Å²) in [5.41, 5.74) is 1.28. The molecule has 7 rings (SSSR count). The highest BCUT2D eigenvalue weighted by Crippen LogP contribution is 2.60. The van der Waals surface area contributed by atoms with E-state index in [0.29, 0.717) is 11.8 Å². The SMILES string of the molecule is O=C(C1CCCN1C(=O)C12CC3CC(CC(C3)C1)C2)N1CCC(Cc2ccccc2)CC1. The molecule has 2 amide bonds. The standard InChI is InChI=1S/C28H38N2O2/c31-26(29-11-8-21(9-12-29)13-20-5-2-1-3-6-20)25-7-4-10-30(25)27(32)28-17-22-14-23(18-28)16-24(15-22)19-28/h1-3,5-6,21-25H,4,7-19H2. The topological polar surface area (TPSA) is 40.6 Å². The maximum Gasteiger partial charge on any atom is 0.245 e. The molecule has 1 aromatic rings. The fraction of sp³-hybridized carbons (Fsp3) is 0.714. The molecule has 0 N–H and O–H groups in total. The lowest BCUT2D eigenvalue weighted by Gasteiger charge is -2.56. The zero-order valence-electron chi connectivity index (χ0n) is 19.4. The minimum absolute atomic E-state index is 0.125. The van der Waals surface area contributed by atoms with E-state index in [-0.39, 0.29) is 17.4 Å². The third-order valence-electron chi connectivity index (χ3n) is 9.58. The van der Waals surface area contributed by atoms with E-state index >= 15 is 0 Å². The molecule has 6 fully saturated rings. The van der Waals surface area contributed by atoms with Crippen molar-refractivity contribution in [1.82, 2.24) is 9.80 Å². The molecule has 2 aliphatic heterocycles. The van der Waals surface area contributed by atoms with Gasteiger partial charge in [0.1, 0.15) is 6.04 Å². The summed E-state index contributed by atoms with van der Waals surface area (Å²) in [5, 5.41) is 0. The second-order valence-electron chi connectivity index (χ2n) is 11.8. The van der Waals surface area contributed by atoms with Gasteiger partial charge in [-0.3, -0.25) is 9.59 Å². The molecule has 1 unspecified atom stereocenters. The predicted octanol–water partition coefficient (Wildman–Crippen LogP) is 4.68. The van der Waals surface area contributed by atoms with Gasteiger partial charge in [0.2, 0.25) is 11.8 Å². The monoisotopic (exact) mass is 434 g/mol. The number of hydrogen-bond acceptors (Lipinski definition) is 2. The van der Waals surface area contributed by atoms with Crippen LogP contribution in [0.2, 0.25) is 0 Å². The van der Waals surface area contributed by atoms with Gasteiger partial charge in [-0.1, -0.05) is 30.3 Å². The van der Waals surface area contributed by atoms with Crippen LogP contribution in [0.3, 0.4) is 0 Å². The van der Waals surface area contributed by atoms with Gasteiger partial charge in [0.15, 0.2) is 0 Å². The van der Waals surface area contributed by atoms with E-state index in [1.54, 1.807) is 0 Å². The van der Waals surface area contributed by atoms with Crippen LogP contribution < -0.4 is 0 Å². The number of carbonyl (C=O) groups excluding carboxylic acids is 2. The van der Waals surface area contributed by atoms with Crippen LogP contribution in [0.15, 0.2) is 30.3 Å². The lowest BCUT2D eigenvalue weighted by Crippen LogP contribution is -2.58. The minimum atomic E-state index is -0.193. The van der Waals surface area contributed by atoms with E-state index in [9.17, 15) is 9.59 Å². The van der Waals surface area contributed by atoms with Gasteiger partial charge in [0, 0.05) is 19.6 Å². The first kappa shape index (κ1) is 20.7. The number of amides is 2. The molecule has 2 saturated heterocycles. The van der Waals surface area contributed by atoms with Crippen LogP contribution in [-0.2, 0) is 16.0 Å². The highest BCUT2D eigenvalue weighted by molar-refractivity contribution is 5.91. The molecule has 1 aromatic carbocycles. The molecule has 4 saturated carbocycles. The van der Waals surface area contributed by atoms with Gasteiger partial charge in [0.25, 0.3) is 0 Å². The lowest BCUT2D eigenvalue weighted by atomic mass is 9.49. The molecule has 0 spiro atoms. The third-order valence-corrected chi connectivity index (χ3v) is 9.58. The van der Waals surface area contributed by atoms with Crippen molar-refractivity contribution in [2.24, 2.45) is 29.1 Å². The Kier molecular flexibility index (Phi) is 5.30. The number of benzene rings is 1. The molecule has 6 aliphatic rings. The molecule has 0 radical (unpaired) electrons. The third kappa shape index (κ3) is 3.68. The fourth-order valence-electron chi connectivity index (χ4n) is 8.46. The average Bonchev–Trinajstić information content (AvgIpc) is 3.28. The average molecular weight is 435 g/mol. The fourth-order valence-corrected chi connectivity index (χ4v) is 8.46. The first-order valence-corrected chi connectivity index (χ1v) is 13.2. The predicted molar refractivity (Wildman–Crippen MR) is 125 cm³/mol. The Hall–Kier alpha value is -1.84. The van der Waals surface area contributed by atoms with Crippen molar-refractivity contribution in [3.63, 3.8) is 0 Å². The Balaban J connectivity index is 1.09. The Morgan fingerprint density at radius 1 is 0.844 bits per heavy atom. The quantitative estimate of drug-likeness (QED) is 0.691. The summed E-state index contributed by atoms with van der Waals surface area (Å²) < 4.78 is 0. The van der Waals surface area contributed by atoms with Gasteiger partial charge in [-0.2, -0.15) is 0 Å². The number of rotatable bonds is 4. The van der Waals surface area contributed by atoms with Crippen molar-refractivity contribution < 1.29 is 9.59 Å². The number of carbonyl (C=O) groups is 2. The van der Waals surface area contributed by atoms with Crippen LogP contribution in [0.5, 0.6) is 0 Å². The molecule has 4 aliphatic carbocycles. The zero-order valence-corrected chi connectivity index (χ0v) is 19.4. The molecule has 2 heterocycles. The molecule has 4 nitrogen and oxygen atoms in total. The van der Waals surface area contributed by atoms with E-state index in [1.165, 1.54) is 24.8 Å². The van der Waals surface area contributed by atoms with Crippen molar-refractivity contribution in [1.29, 1.82) is 0 Å². The highest BCUT2D eigenvalue weighted by atomic mass is 16.2. The maximum absolute atomic E-state index is 13.9. The number of piperidine rings is 1. The number of hydrogen-bond donors (Lipinski definition) is 0. The van der Waals surface area contributed by atoms with Crippen molar-refractivity contribution in [2.75, 3.05) is 19.6 Å². The van der Waals surface area contributed by atoms with Crippen LogP contribution >= 0.6 is 0 Å². The normalized spacial score (nSPS) is 36.6. The van der Waals surface area contributed by atoms with Gasteiger partial charge in [0.05, 0.1) is 5.41 Å². The Labute approximate surface area is 192 Å². The van der Waals surface area contributed by atoms with E-state index in [0.717, 1.165) is 88.8 Å². The summed E-state index contributed by atoms with van der Waals surface area (Å²) in [4.78, 5) is 31.6. The van der Waals surface area contributed by atoms with Crippen molar-refractivity contribution >= 4 is 11.8 Å². The lowest BCUT2D eigenvalue weighted by molar-refractivity contribution is -0.162. The van der Waals surface area contributed by atoms with Crippen LogP contribution in [0.4, 0.5) is 0 Å². The molecular formula is C28H38N2O2. The van der Waals surface area contributed by atoms with Crippen molar-refractivity contribution in [2.45, 2.75) is 76.7 Å². The van der Waals surface area contributed by atoms with Crippen molar-refractivity contribution in [3.8, 4) is 0 Å². The maximum atomic E-state index is 13.9. The largest absolute Gasteiger partial charge is 0.341 e. The second kappa shape index (κ2) is 8.18. The summed E-state index contributed by atoms with van der Waals surface area (Å²) in [5.74, 6) is 3.56. The van der Waals surface area contributed by atoms with Gasteiger partial charge < -0.3 is 9.80 Å². The molecule has 4 bridgehead atoms. The van der Waals surface area contributed by atoms with Gasteiger partial charge >= 0.3 is 0 Å². The molecular weight excluding hydrogens is 396 g/mol. The van der Waals surface area contributed by atoms with Gasteiger partial charge in [-0.25, -0.2) is 0 Å². The molecule has 4 heteroatoms. The summed E-state index contributed by atoms with van der Waals surface area (Å²) in [6, 6.07) is 10.5. The Bertz CT molecular complexity index is 822. The van der Waals surface area contributed by atoms with E-state index < -0.39 is 0 Å². The van der Waals surface area contributed by atoms with E-state index in [1.807, 2.05) is 4.90 Å². The van der Waals surface area contributed by atoms with Crippen LogP contribution in [0.1, 0.15) is 69.8 Å². The smallest absolute Gasteiger partial charge is 0.245 e. The first-order valence-electron chi connectivity index (χ1n) is 13.2. The van der Waals surface area contributed by atoms with Crippen LogP contribution in [0.25, 0.3) is 0 Å². The van der Waals surface area contributed by atoms with E-state index in [2.05, 4.69) is 35.2 Å². The molecule has 172 valence electrons. The number of likely N-dealkylation sites (tertiary alicyclic amines) is 2. The Morgan fingerprint density at radius 3 is 2.09 bits per heavy atom. The summed E-state index contributed by atoms with van der Waals surface area (Å²) in [6.45, 7) is 2.50. The number of nitrogens with zero attached hydrogens (tertiary/aromatic N) is 2. The van der Waals surface area contributed by atoms with Crippen LogP contribution in [-0.4, -0.2) is 47.3 Å². The first-order chi connectivity index (χ1) is 15.6. The Morgan fingerprint density at radius 2 is 1.47 bits per heavy atom. The molecule has 32 heavy (non-hydrogen) atoms. The summed E-state index contributed by atoms with van der Waals surface area (Å²) in [6.07, 6.45) is 12.5. The van der Waals surface area contributed by atoms with Gasteiger partial charge in [-0.05, 0) is 99.9 Å².